The average molecular weight is 214 g/mol. The summed E-state index contributed by atoms with van der Waals surface area (Å²) in [6.45, 7) is 3.92. The number of ketones is 1. The Morgan fingerprint density at radius 2 is 1.94 bits per heavy atom. The summed E-state index contributed by atoms with van der Waals surface area (Å²) < 4.78 is 5.28. The van der Waals surface area contributed by atoms with Gasteiger partial charge in [0.05, 0.1) is 11.8 Å². The largest absolute Gasteiger partial charge is 0.469 e. The molecule has 2 nitrogen and oxygen atoms in total. The van der Waals surface area contributed by atoms with Crippen LogP contribution < -0.4 is 0 Å². The van der Waals surface area contributed by atoms with E-state index < -0.39 is 0 Å². The highest BCUT2D eigenvalue weighted by Crippen LogP contribution is 2.18. The number of rotatable bonds is 3. The van der Waals surface area contributed by atoms with Crippen LogP contribution in [0.25, 0.3) is 0 Å². The van der Waals surface area contributed by atoms with Crippen molar-refractivity contribution in [3.8, 4) is 0 Å². The van der Waals surface area contributed by atoms with Crippen LogP contribution in [0, 0.1) is 6.92 Å². The number of hydrogen-bond donors (Lipinski definition) is 0. The van der Waals surface area contributed by atoms with Gasteiger partial charge in [0, 0.05) is 12.0 Å². The van der Waals surface area contributed by atoms with Gasteiger partial charge in [-0.2, -0.15) is 0 Å². The summed E-state index contributed by atoms with van der Waals surface area (Å²) in [7, 11) is 0. The maximum atomic E-state index is 12.2. The lowest BCUT2D eigenvalue weighted by molar-refractivity contribution is 0.103. The number of carbonyl (C=O) groups excluding carboxylic acids is 1. The first kappa shape index (κ1) is 10.7. The summed E-state index contributed by atoms with van der Waals surface area (Å²) in [5, 5.41) is 0. The first-order valence-corrected chi connectivity index (χ1v) is 5.40. The Morgan fingerprint density at radius 3 is 2.62 bits per heavy atom. The molecule has 2 rings (SSSR count). The summed E-state index contributed by atoms with van der Waals surface area (Å²) in [5.41, 5.74) is 2.42. The average Bonchev–Trinajstić information content (AvgIpc) is 2.77. The van der Waals surface area contributed by atoms with Crippen LogP contribution in [0.3, 0.4) is 0 Å². The van der Waals surface area contributed by atoms with Crippen molar-refractivity contribution in [3.05, 3.63) is 59.0 Å². The van der Waals surface area contributed by atoms with Crippen LogP contribution in [0.4, 0.5) is 0 Å². The van der Waals surface area contributed by atoms with E-state index in [0.29, 0.717) is 5.56 Å². The van der Waals surface area contributed by atoms with Gasteiger partial charge in [0.15, 0.2) is 5.78 Å². The number of hydrogen-bond acceptors (Lipinski definition) is 2. The third-order valence-electron chi connectivity index (χ3n) is 2.70. The lowest BCUT2D eigenvalue weighted by atomic mass is 9.99. The molecule has 0 saturated heterocycles. The zero-order valence-electron chi connectivity index (χ0n) is 9.49. The van der Waals surface area contributed by atoms with Crippen LogP contribution in [-0.2, 0) is 6.42 Å². The van der Waals surface area contributed by atoms with Crippen LogP contribution in [-0.4, -0.2) is 5.78 Å². The lowest BCUT2D eigenvalue weighted by Gasteiger charge is -2.03. The first-order chi connectivity index (χ1) is 7.74. The Balaban J connectivity index is 2.44. The maximum Gasteiger partial charge on any atom is 0.196 e. The fourth-order valence-electron chi connectivity index (χ4n) is 1.79. The van der Waals surface area contributed by atoms with Gasteiger partial charge in [0.2, 0.25) is 0 Å². The molecule has 0 bridgehead atoms. The van der Waals surface area contributed by atoms with Crippen molar-refractivity contribution in [1.29, 1.82) is 0 Å². The number of benzene rings is 1. The van der Waals surface area contributed by atoms with E-state index in [2.05, 4.69) is 0 Å². The minimum absolute atomic E-state index is 0.0451. The minimum Gasteiger partial charge on any atom is -0.469 e. The Labute approximate surface area is 94.9 Å². The molecular weight excluding hydrogens is 200 g/mol. The standard InChI is InChI=1S/C14H14O2/c1-3-13-12(8-9-16-13)14(15)11-7-5-4-6-10(11)2/h4-9H,3H2,1-2H3. The molecule has 82 valence electrons. The van der Waals surface area contributed by atoms with Gasteiger partial charge in [-0.25, -0.2) is 0 Å². The molecule has 1 heterocycles. The molecule has 0 aliphatic rings. The quantitative estimate of drug-likeness (QED) is 0.733. The van der Waals surface area contributed by atoms with Crippen molar-refractivity contribution in [2.75, 3.05) is 0 Å². The van der Waals surface area contributed by atoms with Gasteiger partial charge < -0.3 is 4.42 Å². The Morgan fingerprint density at radius 1 is 1.19 bits per heavy atom. The van der Waals surface area contributed by atoms with Gasteiger partial charge in [-0.15, -0.1) is 0 Å². The fourth-order valence-corrected chi connectivity index (χ4v) is 1.79. The summed E-state index contributed by atoms with van der Waals surface area (Å²) in [6, 6.07) is 9.35. The number of aryl methyl sites for hydroxylation is 2. The second-order valence-electron chi connectivity index (χ2n) is 3.76. The minimum atomic E-state index is 0.0451. The lowest BCUT2D eigenvalue weighted by Crippen LogP contribution is -2.04. The molecule has 0 spiro atoms. The van der Waals surface area contributed by atoms with E-state index >= 15 is 0 Å². The SMILES string of the molecule is CCc1occc1C(=O)c1ccccc1C. The van der Waals surface area contributed by atoms with Gasteiger partial charge in [-0.05, 0) is 18.6 Å². The van der Waals surface area contributed by atoms with Crippen LogP contribution in [0.5, 0.6) is 0 Å². The predicted molar refractivity (Wildman–Crippen MR) is 62.7 cm³/mol. The van der Waals surface area contributed by atoms with Gasteiger partial charge in [0.1, 0.15) is 5.76 Å². The fraction of sp³-hybridized carbons (Fsp3) is 0.214. The molecule has 0 N–H and O–H groups in total. The van der Waals surface area contributed by atoms with Crippen LogP contribution in [0.2, 0.25) is 0 Å². The molecular formula is C14H14O2. The molecule has 0 atom stereocenters. The van der Waals surface area contributed by atoms with E-state index in [1.165, 1.54) is 0 Å². The van der Waals surface area contributed by atoms with Gasteiger partial charge >= 0.3 is 0 Å². The van der Waals surface area contributed by atoms with Crippen molar-refractivity contribution < 1.29 is 9.21 Å². The second-order valence-corrected chi connectivity index (χ2v) is 3.76. The van der Waals surface area contributed by atoms with E-state index in [0.717, 1.165) is 23.3 Å². The van der Waals surface area contributed by atoms with Crippen molar-refractivity contribution in [3.63, 3.8) is 0 Å². The Hall–Kier alpha value is -1.83. The van der Waals surface area contributed by atoms with Crippen molar-refractivity contribution in [2.45, 2.75) is 20.3 Å². The molecule has 0 radical (unpaired) electrons. The molecule has 0 amide bonds. The maximum absolute atomic E-state index is 12.2. The monoisotopic (exact) mass is 214 g/mol. The predicted octanol–water partition coefficient (Wildman–Crippen LogP) is 3.38. The zero-order valence-corrected chi connectivity index (χ0v) is 9.49. The van der Waals surface area contributed by atoms with E-state index in [-0.39, 0.29) is 5.78 Å². The molecule has 2 aromatic rings. The summed E-state index contributed by atoms with van der Waals surface area (Å²) >= 11 is 0. The second kappa shape index (κ2) is 4.35. The van der Waals surface area contributed by atoms with Crippen LogP contribution in [0.1, 0.15) is 34.2 Å². The highest BCUT2D eigenvalue weighted by Gasteiger charge is 2.16. The third-order valence-corrected chi connectivity index (χ3v) is 2.70. The molecule has 0 fully saturated rings. The molecule has 0 aliphatic heterocycles. The number of furan rings is 1. The zero-order chi connectivity index (χ0) is 11.5. The summed E-state index contributed by atoms with van der Waals surface area (Å²) in [5.74, 6) is 0.803. The molecule has 0 unspecified atom stereocenters. The molecule has 1 aromatic carbocycles. The highest BCUT2D eigenvalue weighted by molar-refractivity contribution is 6.10. The third kappa shape index (κ3) is 1.78. The van der Waals surface area contributed by atoms with Crippen LogP contribution >= 0.6 is 0 Å². The van der Waals surface area contributed by atoms with E-state index in [1.807, 2.05) is 38.1 Å². The van der Waals surface area contributed by atoms with E-state index in [4.69, 9.17) is 4.42 Å². The van der Waals surface area contributed by atoms with Crippen molar-refractivity contribution in [1.82, 2.24) is 0 Å². The van der Waals surface area contributed by atoms with Gasteiger partial charge in [0.25, 0.3) is 0 Å². The summed E-state index contributed by atoms with van der Waals surface area (Å²) in [6.07, 6.45) is 2.31. The molecule has 2 heteroatoms. The Kier molecular flexibility index (Phi) is 2.91. The van der Waals surface area contributed by atoms with Crippen molar-refractivity contribution >= 4 is 5.78 Å². The first-order valence-electron chi connectivity index (χ1n) is 5.40. The van der Waals surface area contributed by atoms with Crippen molar-refractivity contribution in [2.24, 2.45) is 0 Å². The van der Waals surface area contributed by atoms with E-state index in [1.54, 1.807) is 12.3 Å². The highest BCUT2D eigenvalue weighted by atomic mass is 16.3. The Bertz CT molecular complexity index is 509. The van der Waals surface area contributed by atoms with Gasteiger partial charge in [-0.3, -0.25) is 4.79 Å². The molecule has 1 aromatic heterocycles. The summed E-state index contributed by atoms with van der Waals surface area (Å²) in [4.78, 5) is 12.2. The van der Waals surface area contributed by atoms with Gasteiger partial charge in [-0.1, -0.05) is 31.2 Å². The number of carbonyl (C=O) groups is 1. The van der Waals surface area contributed by atoms with Crippen LogP contribution in [0.15, 0.2) is 41.0 Å². The molecule has 0 aliphatic carbocycles. The normalized spacial score (nSPS) is 10.4. The van der Waals surface area contributed by atoms with E-state index in [9.17, 15) is 4.79 Å². The molecule has 16 heavy (non-hydrogen) atoms. The topological polar surface area (TPSA) is 30.2 Å². The smallest absolute Gasteiger partial charge is 0.196 e. The molecule has 0 saturated carbocycles.